The molecule has 112 valence electrons. The van der Waals surface area contributed by atoms with Crippen molar-refractivity contribution >= 4 is 33.7 Å². The molecule has 0 saturated carbocycles. The molecule has 1 aliphatic rings. The number of carbonyl (C=O) groups is 3. The maximum Gasteiger partial charge on any atom is 0.262 e. The van der Waals surface area contributed by atoms with Gasteiger partial charge in [0.2, 0.25) is 5.91 Å². The maximum atomic E-state index is 12.2. The molecule has 0 radical (unpaired) electrons. The fourth-order valence-corrected chi connectivity index (χ4v) is 2.41. The number of amides is 3. The summed E-state index contributed by atoms with van der Waals surface area (Å²) < 4.78 is 5.59. The van der Waals surface area contributed by atoms with E-state index in [1.807, 2.05) is 0 Å². The van der Waals surface area contributed by atoms with Crippen LogP contribution in [-0.4, -0.2) is 49.4 Å². The van der Waals surface area contributed by atoms with Crippen LogP contribution in [0, 0.1) is 0 Å². The Morgan fingerprint density at radius 3 is 2.71 bits per heavy atom. The maximum absolute atomic E-state index is 12.2. The lowest BCUT2D eigenvalue weighted by Crippen LogP contribution is -2.40. The average molecular weight is 355 g/mol. The summed E-state index contributed by atoms with van der Waals surface area (Å²) in [4.78, 5) is 37.0. The van der Waals surface area contributed by atoms with E-state index in [1.54, 1.807) is 25.3 Å². The Kier molecular flexibility index (Phi) is 5.08. The van der Waals surface area contributed by atoms with Crippen molar-refractivity contribution in [3.63, 3.8) is 0 Å². The van der Waals surface area contributed by atoms with Crippen LogP contribution < -0.4 is 5.32 Å². The quantitative estimate of drug-likeness (QED) is 0.615. The second kappa shape index (κ2) is 6.82. The highest BCUT2D eigenvalue weighted by Crippen LogP contribution is 2.25. The molecule has 21 heavy (non-hydrogen) atoms. The van der Waals surface area contributed by atoms with Crippen LogP contribution in [0.4, 0.5) is 0 Å². The number of halogens is 1. The molecule has 0 unspecified atom stereocenters. The molecule has 0 spiro atoms. The van der Waals surface area contributed by atoms with Crippen LogP contribution in [-0.2, 0) is 9.53 Å². The van der Waals surface area contributed by atoms with E-state index in [0.29, 0.717) is 35.2 Å². The molecule has 0 aromatic heterocycles. The molecule has 0 bridgehead atoms. The highest BCUT2D eigenvalue weighted by atomic mass is 79.9. The van der Waals surface area contributed by atoms with Gasteiger partial charge in [-0.05, 0) is 24.6 Å². The predicted molar refractivity (Wildman–Crippen MR) is 79.0 cm³/mol. The number of nitrogens with zero attached hydrogens (tertiary/aromatic N) is 1. The Labute approximate surface area is 130 Å². The van der Waals surface area contributed by atoms with Crippen molar-refractivity contribution in [3.8, 4) is 0 Å². The molecule has 1 N–H and O–H groups in total. The van der Waals surface area contributed by atoms with Crippen molar-refractivity contribution in [2.45, 2.75) is 6.42 Å². The molecule has 0 saturated heterocycles. The third kappa shape index (κ3) is 3.48. The van der Waals surface area contributed by atoms with E-state index in [-0.39, 0.29) is 12.5 Å². The van der Waals surface area contributed by atoms with Crippen LogP contribution in [0.1, 0.15) is 27.1 Å². The number of ether oxygens (including phenoxy) is 1. The van der Waals surface area contributed by atoms with Crippen molar-refractivity contribution in [1.29, 1.82) is 0 Å². The van der Waals surface area contributed by atoms with E-state index in [1.165, 1.54) is 0 Å². The zero-order chi connectivity index (χ0) is 15.4. The van der Waals surface area contributed by atoms with Gasteiger partial charge in [-0.2, -0.15) is 0 Å². The van der Waals surface area contributed by atoms with Gasteiger partial charge in [0.1, 0.15) is 6.54 Å². The standard InChI is InChI=1S/C14H15BrN2O4/c1-21-6-2-5-16-12(18)8-17-13(19)10-4-3-9(15)7-11(10)14(17)20/h3-4,7H,2,5-6,8H2,1H3,(H,16,18). The average Bonchev–Trinajstić information content (AvgIpc) is 2.68. The third-order valence-electron chi connectivity index (χ3n) is 3.08. The summed E-state index contributed by atoms with van der Waals surface area (Å²) >= 11 is 3.26. The monoisotopic (exact) mass is 354 g/mol. The molecule has 3 amide bonds. The lowest BCUT2D eigenvalue weighted by molar-refractivity contribution is -0.121. The van der Waals surface area contributed by atoms with E-state index in [0.717, 1.165) is 4.90 Å². The van der Waals surface area contributed by atoms with Gasteiger partial charge in [-0.1, -0.05) is 15.9 Å². The number of hydrogen-bond acceptors (Lipinski definition) is 4. The molecule has 6 nitrogen and oxygen atoms in total. The number of methoxy groups -OCH3 is 1. The Balaban J connectivity index is 1.98. The summed E-state index contributed by atoms with van der Waals surface area (Å²) in [7, 11) is 1.58. The minimum Gasteiger partial charge on any atom is -0.385 e. The fourth-order valence-electron chi connectivity index (χ4n) is 2.05. The van der Waals surface area contributed by atoms with Gasteiger partial charge >= 0.3 is 0 Å². The van der Waals surface area contributed by atoms with E-state index >= 15 is 0 Å². The second-order valence-corrected chi connectivity index (χ2v) is 5.50. The van der Waals surface area contributed by atoms with E-state index < -0.39 is 11.8 Å². The topological polar surface area (TPSA) is 75.7 Å². The Morgan fingerprint density at radius 2 is 2.00 bits per heavy atom. The van der Waals surface area contributed by atoms with Gasteiger partial charge in [0.15, 0.2) is 0 Å². The summed E-state index contributed by atoms with van der Waals surface area (Å²) in [5.41, 5.74) is 0.650. The Bertz CT molecular complexity index is 588. The number of nitrogens with one attached hydrogen (secondary N) is 1. The van der Waals surface area contributed by atoms with Crippen LogP contribution in [0.25, 0.3) is 0 Å². The zero-order valence-corrected chi connectivity index (χ0v) is 13.1. The van der Waals surface area contributed by atoms with Crippen molar-refractivity contribution in [2.75, 3.05) is 26.8 Å². The summed E-state index contributed by atoms with van der Waals surface area (Å²) in [6.07, 6.45) is 0.678. The molecule has 0 aliphatic carbocycles. The van der Waals surface area contributed by atoms with Crippen molar-refractivity contribution in [1.82, 2.24) is 10.2 Å². The number of carbonyl (C=O) groups excluding carboxylic acids is 3. The highest BCUT2D eigenvalue weighted by molar-refractivity contribution is 9.10. The number of benzene rings is 1. The molecular weight excluding hydrogens is 340 g/mol. The van der Waals surface area contributed by atoms with E-state index in [9.17, 15) is 14.4 Å². The lowest BCUT2D eigenvalue weighted by Gasteiger charge is -2.13. The largest absolute Gasteiger partial charge is 0.385 e. The fraction of sp³-hybridized carbons (Fsp3) is 0.357. The minimum absolute atomic E-state index is 0.267. The van der Waals surface area contributed by atoms with Gasteiger partial charge in [0, 0.05) is 24.7 Å². The van der Waals surface area contributed by atoms with Crippen molar-refractivity contribution in [2.24, 2.45) is 0 Å². The van der Waals surface area contributed by atoms with Crippen LogP contribution in [0.2, 0.25) is 0 Å². The molecule has 0 atom stereocenters. The smallest absolute Gasteiger partial charge is 0.262 e. The number of rotatable bonds is 6. The van der Waals surface area contributed by atoms with E-state index in [2.05, 4.69) is 21.2 Å². The predicted octanol–water partition coefficient (Wildman–Crippen LogP) is 1.20. The van der Waals surface area contributed by atoms with Crippen molar-refractivity contribution < 1.29 is 19.1 Å². The Morgan fingerprint density at radius 1 is 1.29 bits per heavy atom. The first-order valence-corrected chi connectivity index (χ1v) is 7.25. The van der Waals surface area contributed by atoms with E-state index in [4.69, 9.17) is 4.74 Å². The van der Waals surface area contributed by atoms with Gasteiger partial charge in [-0.15, -0.1) is 0 Å². The Hall–Kier alpha value is -1.73. The zero-order valence-electron chi connectivity index (χ0n) is 11.5. The van der Waals surface area contributed by atoms with Crippen molar-refractivity contribution in [3.05, 3.63) is 33.8 Å². The highest BCUT2D eigenvalue weighted by Gasteiger charge is 2.36. The summed E-state index contributed by atoms with van der Waals surface area (Å²) in [5.74, 6) is -1.24. The summed E-state index contributed by atoms with van der Waals surface area (Å²) in [5, 5.41) is 2.65. The van der Waals surface area contributed by atoms with Gasteiger partial charge in [0.25, 0.3) is 11.8 Å². The van der Waals surface area contributed by atoms with Crippen LogP contribution in [0.3, 0.4) is 0 Å². The molecule has 2 rings (SSSR count). The first kappa shape index (κ1) is 15.7. The van der Waals surface area contributed by atoms with Crippen LogP contribution in [0.15, 0.2) is 22.7 Å². The van der Waals surface area contributed by atoms with Gasteiger partial charge in [0.05, 0.1) is 11.1 Å². The van der Waals surface area contributed by atoms with Gasteiger partial charge in [-0.25, -0.2) is 0 Å². The minimum atomic E-state index is -0.441. The molecule has 7 heteroatoms. The van der Waals surface area contributed by atoms with Gasteiger partial charge in [-0.3, -0.25) is 19.3 Å². The number of hydrogen-bond donors (Lipinski definition) is 1. The van der Waals surface area contributed by atoms with Gasteiger partial charge < -0.3 is 10.1 Å². The van der Waals surface area contributed by atoms with Crippen LogP contribution >= 0.6 is 15.9 Å². The first-order chi connectivity index (χ1) is 10.0. The second-order valence-electron chi connectivity index (χ2n) is 4.58. The molecule has 0 fully saturated rings. The molecule has 1 heterocycles. The van der Waals surface area contributed by atoms with Crippen LogP contribution in [0.5, 0.6) is 0 Å². The normalized spacial score (nSPS) is 13.5. The number of fused-ring (bicyclic) bond motifs is 1. The number of imide groups is 1. The third-order valence-corrected chi connectivity index (χ3v) is 3.58. The SMILES string of the molecule is COCCCNC(=O)CN1C(=O)c2ccc(Br)cc2C1=O. The summed E-state index contributed by atoms with van der Waals surface area (Å²) in [6.45, 7) is 0.722. The lowest BCUT2D eigenvalue weighted by atomic mass is 10.1. The summed E-state index contributed by atoms with van der Waals surface area (Å²) in [6, 6.07) is 4.86. The first-order valence-electron chi connectivity index (χ1n) is 6.46. The molecule has 1 aliphatic heterocycles. The molecule has 1 aromatic carbocycles. The molecule has 1 aromatic rings. The molecular formula is C14H15BrN2O4.